The van der Waals surface area contributed by atoms with Gasteiger partial charge < -0.3 is 4.57 Å². The summed E-state index contributed by atoms with van der Waals surface area (Å²) in [7, 11) is 1.74. The Morgan fingerprint density at radius 1 is 1.30 bits per heavy atom. The smallest absolute Gasteiger partial charge is 0.284 e. The van der Waals surface area contributed by atoms with Gasteiger partial charge in [-0.05, 0) is 29.5 Å². The van der Waals surface area contributed by atoms with Crippen LogP contribution >= 0.6 is 11.8 Å². The molecule has 138 valence electrons. The molecular weight excluding hydrogens is 370 g/mol. The summed E-state index contributed by atoms with van der Waals surface area (Å²) in [5.41, 5.74) is 3.11. The molecule has 0 spiro atoms. The summed E-state index contributed by atoms with van der Waals surface area (Å²) in [4.78, 5) is 28.6. The minimum absolute atomic E-state index is 0.122. The number of carbonyl (C=O) groups is 1. The number of nitro groups is 1. The van der Waals surface area contributed by atoms with Gasteiger partial charge in [0.1, 0.15) is 6.33 Å². The lowest BCUT2D eigenvalue weighted by Gasteiger charge is -2.07. The lowest BCUT2D eigenvalue weighted by atomic mass is 10.2. The first kappa shape index (κ1) is 18.5. The van der Waals surface area contributed by atoms with Gasteiger partial charge in [-0.15, -0.1) is 10.2 Å². The average Bonchev–Trinajstić information content (AvgIpc) is 3.07. The maximum absolute atomic E-state index is 12.2. The van der Waals surface area contributed by atoms with Gasteiger partial charge in [0, 0.05) is 18.7 Å². The first-order valence-electron chi connectivity index (χ1n) is 7.81. The minimum atomic E-state index is -0.566. The van der Waals surface area contributed by atoms with Crippen molar-refractivity contribution in [3.8, 4) is 0 Å². The number of nitro benzene ring substituents is 1. The van der Waals surface area contributed by atoms with Crippen LogP contribution in [0.1, 0.15) is 15.9 Å². The number of carbonyl (C=O) groups excluding carboxylic acids is 1. The number of aryl methyl sites for hydroxylation is 1. The molecule has 1 aromatic heterocycles. The molecule has 0 radical (unpaired) electrons. The number of nitrogens with zero attached hydrogens (tertiary/aromatic N) is 4. The Morgan fingerprint density at radius 3 is 2.74 bits per heavy atom. The first-order chi connectivity index (χ1) is 13.0. The maximum Gasteiger partial charge on any atom is 0.284 e. The van der Waals surface area contributed by atoms with Gasteiger partial charge >= 0.3 is 0 Å². The summed E-state index contributed by atoms with van der Waals surface area (Å²) >= 11 is 1.10. The molecule has 1 heterocycles. The number of hydrogen-bond acceptors (Lipinski definition) is 7. The van der Waals surface area contributed by atoms with Gasteiger partial charge in [0.15, 0.2) is 5.16 Å². The standard InChI is InChI=1S/C17H15N5O4S/c1-21-11-18-19-17(21)27-15-8-7-13(9-14(15)22(24)25)16(23)20-26-10-12-5-3-2-4-6-12/h2-9,11H,10H2,1H3,(H,20,23). The summed E-state index contributed by atoms with van der Waals surface area (Å²) in [6, 6.07) is 13.5. The van der Waals surface area contributed by atoms with Crippen molar-refractivity contribution in [1.82, 2.24) is 20.2 Å². The Labute approximate surface area is 158 Å². The Morgan fingerprint density at radius 2 is 2.07 bits per heavy atom. The topological polar surface area (TPSA) is 112 Å². The van der Waals surface area contributed by atoms with E-state index in [1.54, 1.807) is 11.6 Å². The van der Waals surface area contributed by atoms with Crippen molar-refractivity contribution in [3.05, 3.63) is 76.1 Å². The van der Waals surface area contributed by atoms with E-state index >= 15 is 0 Å². The molecule has 3 aromatic rings. The van der Waals surface area contributed by atoms with Crippen LogP contribution in [-0.2, 0) is 18.5 Å². The average molecular weight is 385 g/mol. The van der Waals surface area contributed by atoms with Crippen molar-refractivity contribution in [1.29, 1.82) is 0 Å². The summed E-state index contributed by atoms with van der Waals surface area (Å²) in [5, 5.41) is 19.5. The highest BCUT2D eigenvalue weighted by Gasteiger charge is 2.20. The van der Waals surface area contributed by atoms with Crippen LogP contribution in [0.3, 0.4) is 0 Å². The van der Waals surface area contributed by atoms with Crippen LogP contribution in [0.4, 0.5) is 5.69 Å². The fourth-order valence-corrected chi connectivity index (χ4v) is 3.02. The molecule has 0 aliphatic heterocycles. The fourth-order valence-electron chi connectivity index (χ4n) is 2.17. The maximum atomic E-state index is 12.2. The molecule has 0 aliphatic rings. The van der Waals surface area contributed by atoms with E-state index < -0.39 is 10.8 Å². The van der Waals surface area contributed by atoms with E-state index in [4.69, 9.17) is 4.84 Å². The Bertz CT molecular complexity index is 961. The number of aromatic nitrogens is 3. The van der Waals surface area contributed by atoms with E-state index in [0.717, 1.165) is 17.3 Å². The summed E-state index contributed by atoms with van der Waals surface area (Å²) < 4.78 is 1.65. The molecule has 3 rings (SSSR count). The van der Waals surface area contributed by atoms with Crippen molar-refractivity contribution in [2.24, 2.45) is 7.05 Å². The van der Waals surface area contributed by atoms with Crippen molar-refractivity contribution in [2.45, 2.75) is 16.7 Å². The van der Waals surface area contributed by atoms with Gasteiger partial charge in [-0.1, -0.05) is 30.3 Å². The Hall–Kier alpha value is -3.24. The highest BCUT2D eigenvalue weighted by atomic mass is 32.2. The van der Waals surface area contributed by atoms with Crippen molar-refractivity contribution >= 4 is 23.4 Å². The second-order valence-electron chi connectivity index (χ2n) is 5.47. The fraction of sp³-hybridized carbons (Fsp3) is 0.118. The number of nitrogens with one attached hydrogen (secondary N) is 1. The normalized spacial score (nSPS) is 10.6. The monoisotopic (exact) mass is 385 g/mol. The minimum Gasteiger partial charge on any atom is -0.311 e. The third-order valence-corrected chi connectivity index (χ3v) is 4.65. The van der Waals surface area contributed by atoms with Gasteiger partial charge in [0.25, 0.3) is 11.6 Å². The number of rotatable bonds is 7. The molecule has 1 amide bonds. The van der Waals surface area contributed by atoms with Gasteiger partial charge in [-0.2, -0.15) is 0 Å². The van der Waals surface area contributed by atoms with Crippen LogP contribution in [0.5, 0.6) is 0 Å². The molecule has 0 bridgehead atoms. The van der Waals surface area contributed by atoms with Crippen LogP contribution in [0.25, 0.3) is 0 Å². The zero-order valence-corrected chi connectivity index (χ0v) is 15.0. The molecule has 9 nitrogen and oxygen atoms in total. The molecule has 0 fully saturated rings. The lowest BCUT2D eigenvalue weighted by Crippen LogP contribution is -2.23. The van der Waals surface area contributed by atoms with Gasteiger partial charge in [0.2, 0.25) is 0 Å². The number of benzene rings is 2. The van der Waals surface area contributed by atoms with E-state index in [1.165, 1.54) is 24.5 Å². The molecule has 0 aliphatic carbocycles. The highest BCUT2D eigenvalue weighted by molar-refractivity contribution is 7.99. The first-order valence-corrected chi connectivity index (χ1v) is 8.62. The van der Waals surface area contributed by atoms with E-state index in [0.29, 0.717) is 10.1 Å². The number of hydroxylamine groups is 1. The van der Waals surface area contributed by atoms with Crippen molar-refractivity contribution < 1.29 is 14.6 Å². The summed E-state index contributed by atoms with van der Waals surface area (Å²) in [5.74, 6) is -0.566. The van der Waals surface area contributed by atoms with E-state index in [1.807, 2.05) is 30.3 Å². The summed E-state index contributed by atoms with van der Waals surface area (Å²) in [6.07, 6.45) is 1.50. The molecule has 27 heavy (non-hydrogen) atoms. The van der Waals surface area contributed by atoms with E-state index in [2.05, 4.69) is 15.7 Å². The molecule has 0 saturated carbocycles. The van der Waals surface area contributed by atoms with Crippen LogP contribution in [0.15, 0.2) is 64.9 Å². The largest absolute Gasteiger partial charge is 0.311 e. The van der Waals surface area contributed by atoms with Crippen LogP contribution in [0.2, 0.25) is 0 Å². The van der Waals surface area contributed by atoms with Crippen LogP contribution in [-0.4, -0.2) is 25.6 Å². The van der Waals surface area contributed by atoms with E-state index in [9.17, 15) is 14.9 Å². The number of amides is 1. The van der Waals surface area contributed by atoms with Crippen molar-refractivity contribution in [3.63, 3.8) is 0 Å². The SMILES string of the molecule is Cn1cnnc1Sc1ccc(C(=O)NOCc2ccccc2)cc1[N+](=O)[O-]. The zero-order valence-electron chi connectivity index (χ0n) is 14.2. The second kappa shape index (κ2) is 8.43. The lowest BCUT2D eigenvalue weighted by molar-refractivity contribution is -0.387. The third-order valence-electron chi connectivity index (χ3n) is 3.54. The van der Waals surface area contributed by atoms with E-state index in [-0.39, 0.29) is 17.9 Å². The molecular formula is C17H15N5O4S. The predicted octanol–water partition coefficient (Wildman–Crippen LogP) is 2.74. The van der Waals surface area contributed by atoms with Gasteiger partial charge in [-0.3, -0.25) is 19.7 Å². The molecule has 1 N–H and O–H groups in total. The Kier molecular flexibility index (Phi) is 5.79. The Balaban J connectivity index is 1.70. The zero-order chi connectivity index (χ0) is 19.2. The molecule has 10 heteroatoms. The molecule has 0 atom stereocenters. The van der Waals surface area contributed by atoms with Crippen LogP contribution in [0, 0.1) is 10.1 Å². The second-order valence-corrected chi connectivity index (χ2v) is 6.48. The molecule has 2 aromatic carbocycles. The van der Waals surface area contributed by atoms with Gasteiger partial charge in [0.05, 0.1) is 16.4 Å². The molecule has 0 unspecified atom stereocenters. The quantitative estimate of drug-likeness (QED) is 0.491. The summed E-state index contributed by atoms with van der Waals surface area (Å²) in [6.45, 7) is 0.189. The molecule has 0 saturated heterocycles. The van der Waals surface area contributed by atoms with Crippen molar-refractivity contribution in [2.75, 3.05) is 0 Å². The highest BCUT2D eigenvalue weighted by Crippen LogP contribution is 2.34. The predicted molar refractivity (Wildman–Crippen MR) is 96.9 cm³/mol. The van der Waals surface area contributed by atoms with Crippen LogP contribution < -0.4 is 5.48 Å². The number of hydrogen-bond donors (Lipinski definition) is 1. The van der Waals surface area contributed by atoms with Gasteiger partial charge in [-0.25, -0.2) is 5.48 Å². The third kappa shape index (κ3) is 4.68.